The summed E-state index contributed by atoms with van der Waals surface area (Å²) < 4.78 is 27.9. The molecule has 0 unspecified atom stereocenters. The summed E-state index contributed by atoms with van der Waals surface area (Å²) in [5.74, 6) is -0.367. The van der Waals surface area contributed by atoms with Crippen LogP contribution in [0.1, 0.15) is 34.0 Å². The number of anilines is 1. The van der Waals surface area contributed by atoms with E-state index in [2.05, 4.69) is 11.1 Å². The van der Waals surface area contributed by atoms with Crippen LogP contribution >= 0.6 is 0 Å². The van der Waals surface area contributed by atoms with Crippen molar-refractivity contribution >= 4 is 32.5 Å². The van der Waals surface area contributed by atoms with Crippen LogP contribution in [0.3, 0.4) is 0 Å². The summed E-state index contributed by atoms with van der Waals surface area (Å²) in [7, 11) is -2.44. The Morgan fingerprint density at radius 2 is 1.75 bits per heavy atom. The van der Waals surface area contributed by atoms with E-state index in [4.69, 9.17) is 0 Å². The Morgan fingerprint density at radius 3 is 2.47 bits per heavy atom. The summed E-state index contributed by atoms with van der Waals surface area (Å²) in [5, 5.41) is 0.161. The molecule has 4 aromatic rings. The highest BCUT2D eigenvalue weighted by atomic mass is 32.2. The van der Waals surface area contributed by atoms with Crippen molar-refractivity contribution in [3.8, 4) is 0 Å². The fourth-order valence-corrected chi connectivity index (χ4v) is 5.82. The van der Waals surface area contributed by atoms with E-state index >= 15 is 0 Å². The molecule has 7 nitrogen and oxygen atoms in total. The monoisotopic (exact) mass is 501 g/mol. The van der Waals surface area contributed by atoms with Crippen LogP contribution < -0.4 is 9.73 Å². The van der Waals surface area contributed by atoms with Gasteiger partial charge in [-0.1, -0.05) is 43.3 Å². The van der Waals surface area contributed by atoms with Gasteiger partial charge in [0.15, 0.2) is 0 Å². The maximum Gasteiger partial charge on any atom is 0.264 e. The number of aromatic amines is 1. The molecule has 2 heterocycles. The molecule has 1 aliphatic rings. The fourth-order valence-electron chi connectivity index (χ4n) is 4.59. The number of sulfonamides is 1. The molecule has 0 fully saturated rings. The van der Waals surface area contributed by atoms with Gasteiger partial charge in [-0.05, 0) is 59.9 Å². The predicted molar refractivity (Wildman–Crippen MR) is 141 cm³/mol. The number of nitrogens with zero attached hydrogens (tertiary/aromatic N) is 2. The molecule has 1 amide bonds. The van der Waals surface area contributed by atoms with Crippen molar-refractivity contribution in [2.24, 2.45) is 0 Å². The van der Waals surface area contributed by atoms with Crippen molar-refractivity contribution in [3.63, 3.8) is 0 Å². The van der Waals surface area contributed by atoms with E-state index in [1.807, 2.05) is 37.3 Å². The Morgan fingerprint density at radius 1 is 1.03 bits per heavy atom. The number of amides is 1. The van der Waals surface area contributed by atoms with Crippen LogP contribution in [0.2, 0.25) is 0 Å². The Bertz CT molecular complexity index is 1630. The Kier molecular flexibility index (Phi) is 6.14. The lowest BCUT2D eigenvalue weighted by atomic mass is 9.99. The summed E-state index contributed by atoms with van der Waals surface area (Å²) >= 11 is 0. The fraction of sp³-hybridized carbons (Fsp3) is 0.214. The molecule has 0 aliphatic carbocycles. The molecule has 36 heavy (non-hydrogen) atoms. The first-order chi connectivity index (χ1) is 17.3. The number of rotatable bonds is 5. The maximum absolute atomic E-state index is 13.4. The minimum Gasteiger partial charge on any atom is -0.360 e. The van der Waals surface area contributed by atoms with Gasteiger partial charge in [-0.25, -0.2) is 8.42 Å². The van der Waals surface area contributed by atoms with Crippen molar-refractivity contribution in [2.45, 2.75) is 31.2 Å². The van der Waals surface area contributed by atoms with E-state index < -0.39 is 15.5 Å². The SMILES string of the molecule is CCc1ccc(N(C)S(=O)(=O)c2ccc3[nH]cc(C(=O)N4CCc5ccccc5C4)c(=O)c3c2)cc1. The van der Waals surface area contributed by atoms with Crippen molar-refractivity contribution in [3.05, 3.63) is 105 Å². The second-order valence-corrected chi connectivity index (χ2v) is 10.9. The maximum atomic E-state index is 13.4. The van der Waals surface area contributed by atoms with Gasteiger partial charge in [-0.15, -0.1) is 0 Å². The van der Waals surface area contributed by atoms with Crippen LogP contribution in [0.25, 0.3) is 10.9 Å². The molecule has 0 saturated heterocycles. The summed E-state index contributed by atoms with van der Waals surface area (Å²) in [5.41, 5.74) is 3.88. The molecule has 0 radical (unpaired) electrons. The molecule has 1 aliphatic heterocycles. The lowest BCUT2D eigenvalue weighted by molar-refractivity contribution is 0.0733. The molecule has 1 N–H and O–H groups in total. The molecule has 184 valence electrons. The van der Waals surface area contributed by atoms with E-state index in [0.717, 1.165) is 24.0 Å². The number of H-pyrrole nitrogens is 1. The first kappa shape index (κ1) is 23.8. The second-order valence-electron chi connectivity index (χ2n) is 8.98. The molecular weight excluding hydrogens is 474 g/mol. The summed E-state index contributed by atoms with van der Waals surface area (Å²) in [4.78, 5) is 31.3. The molecule has 0 atom stereocenters. The van der Waals surface area contributed by atoms with Gasteiger partial charge in [-0.2, -0.15) is 0 Å². The highest BCUT2D eigenvalue weighted by molar-refractivity contribution is 7.92. The van der Waals surface area contributed by atoms with Crippen LogP contribution in [0.15, 0.2) is 82.6 Å². The second kappa shape index (κ2) is 9.28. The number of aryl methyl sites for hydroxylation is 1. The highest BCUT2D eigenvalue weighted by Crippen LogP contribution is 2.25. The standard InChI is InChI=1S/C28H27N3O4S/c1-3-19-8-10-22(11-9-19)30(2)36(34,35)23-12-13-26-24(16-23)27(32)25(17-29-26)28(33)31-15-14-20-6-4-5-7-21(20)18-31/h4-13,16-17H,3,14-15,18H2,1-2H3,(H,29,32). The summed E-state index contributed by atoms with van der Waals surface area (Å²) in [6, 6.07) is 19.6. The largest absolute Gasteiger partial charge is 0.360 e. The average molecular weight is 502 g/mol. The first-order valence-corrected chi connectivity index (χ1v) is 13.3. The van der Waals surface area contributed by atoms with Gasteiger partial charge >= 0.3 is 0 Å². The van der Waals surface area contributed by atoms with Crippen molar-refractivity contribution in [1.82, 2.24) is 9.88 Å². The number of pyridine rings is 1. The van der Waals surface area contributed by atoms with Crippen LogP contribution in [-0.4, -0.2) is 37.8 Å². The van der Waals surface area contributed by atoms with Gasteiger partial charge in [-0.3, -0.25) is 13.9 Å². The van der Waals surface area contributed by atoms with E-state index in [1.54, 1.807) is 23.1 Å². The van der Waals surface area contributed by atoms with Gasteiger partial charge in [0.05, 0.1) is 10.6 Å². The quantitative estimate of drug-likeness (QED) is 0.446. The molecule has 1 aromatic heterocycles. The Hall–Kier alpha value is -3.91. The van der Waals surface area contributed by atoms with E-state index in [-0.39, 0.29) is 21.8 Å². The van der Waals surface area contributed by atoms with Crippen molar-refractivity contribution in [2.75, 3.05) is 17.9 Å². The lowest BCUT2D eigenvalue weighted by Crippen LogP contribution is -2.38. The number of aromatic nitrogens is 1. The smallest absolute Gasteiger partial charge is 0.264 e. The van der Waals surface area contributed by atoms with E-state index in [9.17, 15) is 18.0 Å². The number of nitrogens with one attached hydrogen (secondary N) is 1. The number of fused-ring (bicyclic) bond motifs is 2. The van der Waals surface area contributed by atoms with Gasteiger partial charge < -0.3 is 9.88 Å². The van der Waals surface area contributed by atoms with Crippen LogP contribution in [0, 0.1) is 0 Å². The normalized spacial score (nSPS) is 13.4. The van der Waals surface area contributed by atoms with Crippen LogP contribution in [0.5, 0.6) is 0 Å². The lowest BCUT2D eigenvalue weighted by Gasteiger charge is -2.28. The first-order valence-electron chi connectivity index (χ1n) is 11.9. The van der Waals surface area contributed by atoms with Gasteiger partial charge in [0.25, 0.3) is 15.9 Å². The number of hydrogen-bond acceptors (Lipinski definition) is 4. The molecule has 5 rings (SSSR count). The number of hydrogen-bond donors (Lipinski definition) is 1. The van der Waals surface area contributed by atoms with Crippen molar-refractivity contribution < 1.29 is 13.2 Å². The molecule has 0 saturated carbocycles. The third-order valence-electron chi connectivity index (χ3n) is 6.87. The molecule has 3 aromatic carbocycles. The van der Waals surface area contributed by atoms with Gasteiger partial charge in [0, 0.05) is 37.2 Å². The molecule has 0 bridgehead atoms. The zero-order valence-electron chi connectivity index (χ0n) is 20.2. The van der Waals surface area contributed by atoms with Crippen molar-refractivity contribution in [1.29, 1.82) is 0 Å². The zero-order chi connectivity index (χ0) is 25.4. The topological polar surface area (TPSA) is 90.6 Å². The predicted octanol–water partition coefficient (Wildman–Crippen LogP) is 4.11. The number of carbonyl (C=O) groups is 1. The van der Waals surface area contributed by atoms with E-state index in [1.165, 1.54) is 35.2 Å². The van der Waals surface area contributed by atoms with Gasteiger partial charge in [0.1, 0.15) is 5.56 Å². The zero-order valence-corrected chi connectivity index (χ0v) is 21.0. The summed E-state index contributed by atoms with van der Waals surface area (Å²) in [6.45, 7) is 2.98. The molecule has 8 heteroatoms. The third-order valence-corrected chi connectivity index (χ3v) is 8.65. The number of carbonyl (C=O) groups excluding carboxylic acids is 1. The minimum atomic E-state index is -3.92. The third kappa shape index (κ3) is 4.18. The Labute approximate surface area is 210 Å². The minimum absolute atomic E-state index is 0.0000573. The van der Waals surface area contributed by atoms with E-state index in [0.29, 0.717) is 24.3 Å². The molecular formula is C28H27N3O4S. The van der Waals surface area contributed by atoms with Crippen LogP contribution in [0.4, 0.5) is 5.69 Å². The van der Waals surface area contributed by atoms with Gasteiger partial charge in [0.2, 0.25) is 5.43 Å². The van der Waals surface area contributed by atoms with Crippen LogP contribution in [-0.2, 0) is 29.4 Å². The molecule has 0 spiro atoms. The Balaban J connectivity index is 1.48. The average Bonchev–Trinajstić information content (AvgIpc) is 2.92. The highest BCUT2D eigenvalue weighted by Gasteiger charge is 2.26. The summed E-state index contributed by atoms with van der Waals surface area (Å²) in [6.07, 6.45) is 3.00. The number of benzene rings is 3.